The molecule has 2 aliphatic rings. The highest BCUT2D eigenvalue weighted by Crippen LogP contribution is 2.32. The van der Waals surface area contributed by atoms with Crippen LogP contribution in [0.15, 0.2) is 21.5 Å². The minimum Gasteiger partial charge on any atom is -0.490 e. The number of carbonyl (C=O) groups excluding carboxylic acids is 1. The van der Waals surface area contributed by atoms with Crippen LogP contribution in [0.3, 0.4) is 0 Å². The molecule has 2 fully saturated rings. The molecule has 1 aromatic heterocycles. The predicted octanol–water partition coefficient (Wildman–Crippen LogP) is -0.300. The maximum atomic E-state index is 12.3. The third-order valence-electron chi connectivity index (χ3n) is 3.68. The first-order chi connectivity index (χ1) is 9.95. The average molecular weight is 314 g/mol. The Bertz CT molecular complexity index is 740. The summed E-state index contributed by atoms with van der Waals surface area (Å²) in [5, 5.41) is 0. The Balaban J connectivity index is 1.90. The molecule has 0 unspecified atom stereocenters. The standard InChI is InChI=1S/C12H14N2O6S/c1-19-11-7-20-8(5-10(11)15)6-14-12(16)9-3-2-4-13(9)21(14,17)18/h5,7,9H,2-4,6H2,1H3/t9-/m0/s1. The molecular formula is C12H14N2O6S. The van der Waals surface area contributed by atoms with Crippen molar-refractivity contribution in [2.75, 3.05) is 13.7 Å². The van der Waals surface area contributed by atoms with Gasteiger partial charge in [-0.25, -0.2) is 4.31 Å². The van der Waals surface area contributed by atoms with Gasteiger partial charge in [0.2, 0.25) is 11.2 Å². The third kappa shape index (κ3) is 2.12. The highest BCUT2D eigenvalue weighted by atomic mass is 32.2. The molecule has 1 amide bonds. The second-order valence-electron chi connectivity index (χ2n) is 4.90. The molecule has 0 spiro atoms. The van der Waals surface area contributed by atoms with Gasteiger partial charge in [-0.15, -0.1) is 0 Å². The normalized spacial score (nSPS) is 24.3. The summed E-state index contributed by atoms with van der Waals surface area (Å²) in [5.74, 6) is -0.347. The van der Waals surface area contributed by atoms with E-state index >= 15 is 0 Å². The number of hydrogen-bond acceptors (Lipinski definition) is 6. The van der Waals surface area contributed by atoms with Crippen molar-refractivity contribution in [3.8, 4) is 5.75 Å². The lowest BCUT2D eigenvalue weighted by molar-refractivity contribution is -0.127. The quantitative estimate of drug-likeness (QED) is 0.760. The van der Waals surface area contributed by atoms with E-state index in [1.54, 1.807) is 0 Å². The molecular weight excluding hydrogens is 300 g/mol. The third-order valence-corrected chi connectivity index (χ3v) is 5.58. The fourth-order valence-electron chi connectivity index (χ4n) is 2.64. The molecule has 21 heavy (non-hydrogen) atoms. The maximum Gasteiger partial charge on any atom is 0.307 e. The van der Waals surface area contributed by atoms with E-state index in [0.717, 1.165) is 16.6 Å². The number of amides is 1. The van der Waals surface area contributed by atoms with Crippen molar-refractivity contribution < 1.29 is 22.4 Å². The number of fused-ring (bicyclic) bond motifs is 1. The van der Waals surface area contributed by atoms with Crippen molar-refractivity contribution in [2.24, 2.45) is 0 Å². The first-order valence-corrected chi connectivity index (χ1v) is 7.84. The molecule has 0 bridgehead atoms. The Morgan fingerprint density at radius 1 is 1.43 bits per heavy atom. The smallest absolute Gasteiger partial charge is 0.307 e. The first kappa shape index (κ1) is 14.1. The van der Waals surface area contributed by atoms with Crippen LogP contribution >= 0.6 is 0 Å². The second kappa shape index (κ2) is 4.85. The highest BCUT2D eigenvalue weighted by molar-refractivity contribution is 7.87. The zero-order valence-corrected chi connectivity index (χ0v) is 12.1. The van der Waals surface area contributed by atoms with Crippen LogP contribution in [0.25, 0.3) is 0 Å². The van der Waals surface area contributed by atoms with Gasteiger partial charge in [-0.3, -0.25) is 9.59 Å². The van der Waals surface area contributed by atoms with Gasteiger partial charge < -0.3 is 9.15 Å². The Hall–Kier alpha value is -1.87. The van der Waals surface area contributed by atoms with E-state index in [4.69, 9.17) is 9.15 Å². The van der Waals surface area contributed by atoms with E-state index in [1.807, 2.05) is 0 Å². The highest BCUT2D eigenvalue weighted by Gasteiger charge is 2.52. The summed E-state index contributed by atoms with van der Waals surface area (Å²) in [6, 6.07) is 0.519. The molecule has 0 saturated carbocycles. The molecule has 2 saturated heterocycles. The van der Waals surface area contributed by atoms with Gasteiger partial charge in [0.05, 0.1) is 13.7 Å². The Morgan fingerprint density at radius 3 is 2.81 bits per heavy atom. The van der Waals surface area contributed by atoms with Crippen LogP contribution in [0, 0.1) is 0 Å². The lowest BCUT2D eigenvalue weighted by Gasteiger charge is -2.16. The number of ether oxygens (including phenoxy) is 1. The number of methoxy groups -OCH3 is 1. The van der Waals surface area contributed by atoms with E-state index in [2.05, 4.69) is 0 Å². The topological polar surface area (TPSA) is 97.1 Å². The lowest BCUT2D eigenvalue weighted by atomic mass is 10.2. The van der Waals surface area contributed by atoms with Gasteiger partial charge in [-0.05, 0) is 12.8 Å². The summed E-state index contributed by atoms with van der Waals surface area (Å²) in [5.41, 5.74) is -0.428. The fourth-order valence-corrected chi connectivity index (χ4v) is 4.41. The molecule has 1 atom stereocenters. The van der Waals surface area contributed by atoms with Crippen molar-refractivity contribution in [2.45, 2.75) is 25.4 Å². The Morgan fingerprint density at radius 2 is 2.19 bits per heavy atom. The number of carbonyl (C=O) groups is 1. The van der Waals surface area contributed by atoms with E-state index in [1.165, 1.54) is 11.4 Å². The molecule has 9 heteroatoms. The predicted molar refractivity (Wildman–Crippen MR) is 70.7 cm³/mol. The maximum absolute atomic E-state index is 12.3. The molecule has 2 aliphatic heterocycles. The average Bonchev–Trinajstić information content (AvgIpc) is 2.99. The molecule has 3 rings (SSSR count). The van der Waals surface area contributed by atoms with Crippen LogP contribution in [0.4, 0.5) is 0 Å². The van der Waals surface area contributed by atoms with Gasteiger partial charge in [0.1, 0.15) is 18.1 Å². The van der Waals surface area contributed by atoms with E-state index < -0.39 is 27.6 Å². The fraction of sp³-hybridized carbons (Fsp3) is 0.500. The van der Waals surface area contributed by atoms with E-state index in [-0.39, 0.29) is 18.1 Å². The summed E-state index contributed by atoms with van der Waals surface area (Å²) in [7, 11) is -2.49. The van der Waals surface area contributed by atoms with Gasteiger partial charge in [0.15, 0.2) is 0 Å². The number of rotatable bonds is 3. The van der Waals surface area contributed by atoms with Crippen LogP contribution in [-0.2, 0) is 21.5 Å². The summed E-state index contributed by atoms with van der Waals surface area (Å²) in [6.45, 7) is 0.0647. The monoisotopic (exact) mass is 314 g/mol. The van der Waals surface area contributed by atoms with Gasteiger partial charge in [0.25, 0.3) is 5.91 Å². The largest absolute Gasteiger partial charge is 0.490 e. The molecule has 114 valence electrons. The molecule has 3 heterocycles. The molecule has 0 N–H and O–H groups in total. The summed E-state index contributed by atoms with van der Waals surface area (Å²) < 4.78 is 36.5. The van der Waals surface area contributed by atoms with Crippen LogP contribution in [0.1, 0.15) is 18.6 Å². The van der Waals surface area contributed by atoms with Crippen molar-refractivity contribution >= 4 is 16.1 Å². The van der Waals surface area contributed by atoms with Crippen LogP contribution in [0.5, 0.6) is 5.75 Å². The number of hydrogen-bond donors (Lipinski definition) is 0. The van der Waals surface area contributed by atoms with Gasteiger partial charge in [-0.2, -0.15) is 12.7 Å². The first-order valence-electron chi connectivity index (χ1n) is 6.44. The summed E-state index contributed by atoms with van der Waals surface area (Å²) in [6.07, 6.45) is 2.31. The minimum atomic E-state index is -3.82. The van der Waals surface area contributed by atoms with Crippen molar-refractivity contribution in [3.63, 3.8) is 0 Å². The van der Waals surface area contributed by atoms with Gasteiger partial charge >= 0.3 is 10.2 Å². The second-order valence-corrected chi connectivity index (χ2v) is 6.71. The number of nitrogens with zero attached hydrogens (tertiary/aromatic N) is 2. The van der Waals surface area contributed by atoms with Gasteiger partial charge in [-0.1, -0.05) is 0 Å². The van der Waals surface area contributed by atoms with Crippen molar-refractivity contribution in [3.05, 3.63) is 28.3 Å². The van der Waals surface area contributed by atoms with Gasteiger partial charge in [0, 0.05) is 12.6 Å². The summed E-state index contributed by atoms with van der Waals surface area (Å²) >= 11 is 0. The van der Waals surface area contributed by atoms with Crippen LogP contribution < -0.4 is 10.2 Å². The Labute approximate surface area is 121 Å². The minimum absolute atomic E-state index is 0.0231. The molecule has 1 aromatic rings. The van der Waals surface area contributed by atoms with E-state index in [0.29, 0.717) is 19.4 Å². The van der Waals surface area contributed by atoms with Crippen LogP contribution in [0.2, 0.25) is 0 Å². The van der Waals surface area contributed by atoms with E-state index in [9.17, 15) is 18.0 Å². The van der Waals surface area contributed by atoms with Crippen molar-refractivity contribution in [1.29, 1.82) is 0 Å². The molecule has 0 aliphatic carbocycles. The van der Waals surface area contributed by atoms with Crippen molar-refractivity contribution in [1.82, 2.24) is 8.61 Å². The summed E-state index contributed by atoms with van der Waals surface area (Å²) in [4.78, 5) is 23.8. The zero-order chi connectivity index (χ0) is 15.2. The molecule has 0 aromatic carbocycles. The molecule has 0 radical (unpaired) electrons. The molecule has 8 nitrogen and oxygen atoms in total. The lowest BCUT2D eigenvalue weighted by Crippen LogP contribution is -2.33. The zero-order valence-electron chi connectivity index (χ0n) is 11.3. The Kier molecular flexibility index (Phi) is 3.25. The SMILES string of the molecule is COc1coc(CN2C(=O)[C@@H]3CCCN3S2(=O)=O)cc1=O. The van der Waals surface area contributed by atoms with Crippen LogP contribution in [-0.4, -0.2) is 42.6 Å².